The summed E-state index contributed by atoms with van der Waals surface area (Å²) < 4.78 is 40.1. The van der Waals surface area contributed by atoms with Crippen LogP contribution in [-0.4, -0.2) is 36.3 Å². The minimum atomic E-state index is -1.62. The van der Waals surface area contributed by atoms with Gasteiger partial charge in [-0.2, -0.15) is 0 Å². The van der Waals surface area contributed by atoms with Crippen molar-refractivity contribution in [3.05, 3.63) is 29.6 Å². The van der Waals surface area contributed by atoms with Gasteiger partial charge in [-0.25, -0.2) is 13.2 Å². The van der Waals surface area contributed by atoms with Crippen molar-refractivity contribution in [2.45, 2.75) is 20.3 Å². The van der Waals surface area contributed by atoms with Crippen molar-refractivity contribution in [1.82, 2.24) is 4.90 Å². The number of carbonyl (C=O) groups excluding carboxylic acids is 2. The lowest BCUT2D eigenvalue weighted by Gasteiger charge is -2.22. The van der Waals surface area contributed by atoms with E-state index in [-0.39, 0.29) is 24.6 Å². The first-order valence-corrected chi connectivity index (χ1v) is 7.13. The number of anilines is 1. The highest BCUT2D eigenvalue weighted by molar-refractivity contribution is 6.00. The smallest absolute Gasteiger partial charge is 0.227 e. The van der Waals surface area contributed by atoms with E-state index in [0.717, 1.165) is 17.0 Å². The molecule has 4 nitrogen and oxygen atoms in total. The maximum absolute atomic E-state index is 13.8. The van der Waals surface area contributed by atoms with E-state index in [0.29, 0.717) is 13.1 Å². The molecule has 0 radical (unpaired) electrons. The van der Waals surface area contributed by atoms with E-state index in [1.54, 1.807) is 4.90 Å². The van der Waals surface area contributed by atoms with Crippen LogP contribution in [0.3, 0.4) is 0 Å². The van der Waals surface area contributed by atoms with Crippen LogP contribution in [0.15, 0.2) is 12.1 Å². The van der Waals surface area contributed by atoms with Crippen LogP contribution in [0.4, 0.5) is 18.9 Å². The highest BCUT2D eigenvalue weighted by Crippen LogP contribution is 2.30. The Morgan fingerprint density at radius 3 is 2.45 bits per heavy atom. The predicted molar refractivity (Wildman–Crippen MR) is 74.7 cm³/mol. The van der Waals surface area contributed by atoms with Gasteiger partial charge in [-0.3, -0.25) is 9.59 Å². The molecule has 2 rings (SSSR count). The van der Waals surface area contributed by atoms with Gasteiger partial charge in [0.1, 0.15) is 0 Å². The Kier molecular flexibility index (Phi) is 4.73. The Labute approximate surface area is 126 Å². The number of halogens is 3. The van der Waals surface area contributed by atoms with Crippen LogP contribution >= 0.6 is 0 Å². The van der Waals surface area contributed by atoms with E-state index in [2.05, 4.69) is 0 Å². The zero-order valence-electron chi connectivity index (χ0n) is 12.4. The Morgan fingerprint density at radius 1 is 1.23 bits per heavy atom. The van der Waals surface area contributed by atoms with Gasteiger partial charge in [0.05, 0.1) is 11.6 Å². The summed E-state index contributed by atoms with van der Waals surface area (Å²) in [7, 11) is 0. The zero-order valence-corrected chi connectivity index (χ0v) is 12.4. The third kappa shape index (κ3) is 2.80. The van der Waals surface area contributed by atoms with Gasteiger partial charge in [0.25, 0.3) is 0 Å². The number of hydrogen-bond acceptors (Lipinski definition) is 2. The van der Waals surface area contributed by atoms with Gasteiger partial charge in [-0.15, -0.1) is 0 Å². The number of hydrogen-bond donors (Lipinski definition) is 0. The molecule has 0 bridgehead atoms. The summed E-state index contributed by atoms with van der Waals surface area (Å²) >= 11 is 0. The Balaban J connectivity index is 2.24. The molecule has 7 heteroatoms. The number of benzene rings is 1. The molecule has 2 amide bonds. The molecular formula is C15H17F3N2O2. The number of nitrogens with zero attached hydrogens (tertiary/aromatic N) is 2. The fraction of sp³-hybridized carbons (Fsp3) is 0.467. The van der Waals surface area contributed by atoms with Crippen molar-refractivity contribution in [3.63, 3.8) is 0 Å². The Morgan fingerprint density at radius 2 is 1.86 bits per heavy atom. The second-order valence-electron chi connectivity index (χ2n) is 5.11. The van der Waals surface area contributed by atoms with Crippen LogP contribution in [-0.2, 0) is 9.59 Å². The molecular weight excluding hydrogens is 297 g/mol. The molecule has 1 aliphatic rings. The third-order valence-corrected chi connectivity index (χ3v) is 3.85. The van der Waals surface area contributed by atoms with E-state index >= 15 is 0 Å². The van der Waals surface area contributed by atoms with Gasteiger partial charge in [0.2, 0.25) is 11.8 Å². The third-order valence-electron chi connectivity index (χ3n) is 3.85. The highest BCUT2D eigenvalue weighted by Gasteiger charge is 2.38. The lowest BCUT2D eigenvalue weighted by atomic mass is 10.1. The van der Waals surface area contributed by atoms with Crippen molar-refractivity contribution in [2.75, 3.05) is 24.5 Å². The summed E-state index contributed by atoms with van der Waals surface area (Å²) in [6, 6.07) is 1.77. The number of amides is 2. The molecule has 0 spiro atoms. The lowest BCUT2D eigenvalue weighted by Crippen LogP contribution is -2.37. The molecule has 0 aliphatic carbocycles. The molecule has 22 heavy (non-hydrogen) atoms. The number of rotatable bonds is 4. The zero-order chi connectivity index (χ0) is 16.4. The predicted octanol–water partition coefficient (Wildman–Crippen LogP) is 2.33. The van der Waals surface area contributed by atoms with Crippen LogP contribution < -0.4 is 4.90 Å². The molecule has 1 aromatic carbocycles. The molecule has 1 fully saturated rings. The van der Waals surface area contributed by atoms with E-state index in [1.807, 2.05) is 13.8 Å². The van der Waals surface area contributed by atoms with Crippen molar-refractivity contribution in [3.8, 4) is 0 Å². The molecule has 0 aromatic heterocycles. The monoisotopic (exact) mass is 314 g/mol. The first-order valence-electron chi connectivity index (χ1n) is 7.13. The van der Waals surface area contributed by atoms with E-state index in [9.17, 15) is 22.8 Å². The molecule has 0 N–H and O–H groups in total. The van der Waals surface area contributed by atoms with Crippen LogP contribution in [0.1, 0.15) is 20.3 Å². The molecule has 1 saturated heterocycles. The molecule has 0 saturated carbocycles. The standard InChI is InChI=1S/C15H17F3N2O2/c1-3-19(4-2)15(22)9-7-12(21)20(8-9)11-6-5-10(16)13(17)14(11)18/h5-6,9H,3-4,7-8H2,1-2H3. The average Bonchev–Trinajstić information content (AvgIpc) is 2.88. The summed E-state index contributed by atoms with van der Waals surface area (Å²) in [4.78, 5) is 26.9. The summed E-state index contributed by atoms with van der Waals surface area (Å²) in [6.07, 6.45) is -0.0617. The van der Waals surface area contributed by atoms with Gasteiger partial charge in [0, 0.05) is 26.1 Å². The second kappa shape index (κ2) is 6.37. The minimum Gasteiger partial charge on any atom is -0.343 e. The van der Waals surface area contributed by atoms with Gasteiger partial charge in [-0.05, 0) is 26.0 Å². The molecule has 1 heterocycles. The van der Waals surface area contributed by atoms with Crippen molar-refractivity contribution >= 4 is 17.5 Å². The van der Waals surface area contributed by atoms with Crippen molar-refractivity contribution < 1.29 is 22.8 Å². The highest BCUT2D eigenvalue weighted by atomic mass is 19.2. The first-order chi connectivity index (χ1) is 10.4. The number of carbonyl (C=O) groups is 2. The summed E-state index contributed by atoms with van der Waals surface area (Å²) in [5.41, 5.74) is -0.334. The normalized spacial score (nSPS) is 18.0. The molecule has 1 aliphatic heterocycles. The molecule has 120 valence electrons. The van der Waals surface area contributed by atoms with E-state index < -0.39 is 29.3 Å². The van der Waals surface area contributed by atoms with E-state index in [4.69, 9.17) is 0 Å². The SMILES string of the molecule is CCN(CC)C(=O)C1CC(=O)N(c2ccc(F)c(F)c2F)C1. The summed E-state index contributed by atoms with van der Waals surface area (Å²) in [6.45, 7) is 4.64. The van der Waals surface area contributed by atoms with Crippen molar-refractivity contribution in [1.29, 1.82) is 0 Å². The Hall–Kier alpha value is -2.05. The van der Waals surface area contributed by atoms with Gasteiger partial charge in [-0.1, -0.05) is 0 Å². The van der Waals surface area contributed by atoms with Crippen LogP contribution in [0.2, 0.25) is 0 Å². The largest absolute Gasteiger partial charge is 0.343 e. The van der Waals surface area contributed by atoms with Gasteiger partial charge >= 0.3 is 0 Å². The van der Waals surface area contributed by atoms with Gasteiger partial charge < -0.3 is 9.80 Å². The minimum absolute atomic E-state index is 0.0316. The maximum atomic E-state index is 13.8. The van der Waals surface area contributed by atoms with Crippen LogP contribution in [0, 0.1) is 23.4 Å². The molecule has 1 unspecified atom stereocenters. The maximum Gasteiger partial charge on any atom is 0.227 e. The summed E-state index contributed by atoms with van der Waals surface area (Å²) in [5, 5.41) is 0. The lowest BCUT2D eigenvalue weighted by molar-refractivity contribution is -0.135. The fourth-order valence-corrected chi connectivity index (χ4v) is 2.62. The average molecular weight is 314 g/mol. The second-order valence-corrected chi connectivity index (χ2v) is 5.11. The fourth-order valence-electron chi connectivity index (χ4n) is 2.62. The van der Waals surface area contributed by atoms with Crippen LogP contribution in [0.25, 0.3) is 0 Å². The van der Waals surface area contributed by atoms with Gasteiger partial charge in [0.15, 0.2) is 17.5 Å². The molecule has 1 atom stereocenters. The van der Waals surface area contributed by atoms with Crippen LogP contribution in [0.5, 0.6) is 0 Å². The topological polar surface area (TPSA) is 40.6 Å². The summed E-state index contributed by atoms with van der Waals surface area (Å²) in [5.74, 6) is -5.61. The molecule has 1 aromatic rings. The first kappa shape index (κ1) is 16.3. The van der Waals surface area contributed by atoms with E-state index in [1.165, 1.54) is 0 Å². The van der Waals surface area contributed by atoms with Crippen molar-refractivity contribution in [2.24, 2.45) is 5.92 Å². The quantitative estimate of drug-likeness (QED) is 0.800. The Bertz CT molecular complexity index is 603.